The van der Waals surface area contributed by atoms with E-state index in [-0.39, 0.29) is 18.3 Å². The molecule has 1 aliphatic rings. The van der Waals surface area contributed by atoms with Gasteiger partial charge in [-0.1, -0.05) is 0 Å². The first-order valence-corrected chi connectivity index (χ1v) is 7.92. The summed E-state index contributed by atoms with van der Waals surface area (Å²) in [5.41, 5.74) is 6.96. The Kier molecular flexibility index (Phi) is 5.76. The second kappa shape index (κ2) is 8.02. The van der Waals surface area contributed by atoms with Crippen molar-refractivity contribution in [2.24, 2.45) is 0 Å². The fourth-order valence-corrected chi connectivity index (χ4v) is 3.02. The zero-order valence-electron chi connectivity index (χ0n) is 14.5. The SMILES string of the molecule is COCCOC1C(OC)[C@@H](COC)O[C@H]1n1cnc2c(N)ncnc21. The molecule has 2 unspecified atom stereocenters. The van der Waals surface area contributed by atoms with Crippen molar-refractivity contribution in [1.82, 2.24) is 19.5 Å². The van der Waals surface area contributed by atoms with Crippen LogP contribution < -0.4 is 5.73 Å². The van der Waals surface area contributed by atoms with Crippen LogP contribution in [0.3, 0.4) is 0 Å². The number of nitrogens with two attached hydrogens (primary N) is 1. The number of nitrogen functional groups attached to an aromatic ring is 1. The largest absolute Gasteiger partial charge is 0.382 e. The molecule has 0 spiro atoms. The molecule has 0 saturated carbocycles. The summed E-state index contributed by atoms with van der Waals surface area (Å²) in [4.78, 5) is 12.5. The Bertz CT molecular complexity index is 696. The molecule has 3 heterocycles. The Hall–Kier alpha value is -1.85. The smallest absolute Gasteiger partial charge is 0.167 e. The third kappa shape index (κ3) is 3.44. The Morgan fingerprint density at radius 2 is 1.96 bits per heavy atom. The minimum absolute atomic E-state index is 0.288. The zero-order valence-corrected chi connectivity index (χ0v) is 14.5. The van der Waals surface area contributed by atoms with Gasteiger partial charge >= 0.3 is 0 Å². The molecule has 0 radical (unpaired) electrons. The molecule has 4 atom stereocenters. The highest BCUT2D eigenvalue weighted by atomic mass is 16.6. The molecular formula is C15H23N5O5. The minimum Gasteiger partial charge on any atom is -0.382 e. The lowest BCUT2D eigenvalue weighted by Gasteiger charge is -2.23. The van der Waals surface area contributed by atoms with Crippen molar-refractivity contribution in [3.05, 3.63) is 12.7 Å². The first-order chi connectivity index (χ1) is 12.2. The van der Waals surface area contributed by atoms with Gasteiger partial charge in [-0.05, 0) is 0 Å². The van der Waals surface area contributed by atoms with E-state index in [0.717, 1.165) is 0 Å². The van der Waals surface area contributed by atoms with E-state index in [9.17, 15) is 0 Å². The van der Waals surface area contributed by atoms with Gasteiger partial charge in [-0.2, -0.15) is 0 Å². The van der Waals surface area contributed by atoms with Crippen molar-refractivity contribution in [2.45, 2.75) is 24.5 Å². The summed E-state index contributed by atoms with van der Waals surface area (Å²) in [6, 6.07) is 0. The minimum atomic E-state index is -0.485. The maximum Gasteiger partial charge on any atom is 0.167 e. The molecule has 0 aliphatic carbocycles. The lowest BCUT2D eigenvalue weighted by molar-refractivity contribution is -0.0820. The summed E-state index contributed by atoms with van der Waals surface area (Å²) < 4.78 is 29.9. The summed E-state index contributed by atoms with van der Waals surface area (Å²) >= 11 is 0. The lowest BCUT2D eigenvalue weighted by atomic mass is 10.1. The van der Waals surface area contributed by atoms with Crippen LogP contribution in [0, 0.1) is 0 Å². The van der Waals surface area contributed by atoms with E-state index in [2.05, 4.69) is 15.0 Å². The predicted octanol–water partition coefficient (Wildman–Crippen LogP) is -0.00110. The number of aromatic nitrogens is 4. The fourth-order valence-electron chi connectivity index (χ4n) is 3.02. The number of hydrogen-bond acceptors (Lipinski definition) is 9. The third-order valence-corrected chi connectivity index (χ3v) is 4.15. The van der Waals surface area contributed by atoms with Gasteiger partial charge in [-0.15, -0.1) is 0 Å². The highest BCUT2D eigenvalue weighted by molar-refractivity contribution is 5.81. The van der Waals surface area contributed by atoms with E-state index in [1.165, 1.54) is 6.33 Å². The van der Waals surface area contributed by atoms with E-state index in [1.54, 1.807) is 32.2 Å². The molecule has 0 amide bonds. The van der Waals surface area contributed by atoms with Crippen molar-refractivity contribution in [3.8, 4) is 0 Å². The van der Waals surface area contributed by atoms with Crippen LogP contribution in [0.15, 0.2) is 12.7 Å². The summed E-state index contributed by atoms with van der Waals surface area (Å²) in [6.07, 6.45) is 1.55. The topological polar surface area (TPSA) is 116 Å². The van der Waals surface area contributed by atoms with Crippen LogP contribution in [0.2, 0.25) is 0 Å². The summed E-state index contributed by atoms with van der Waals surface area (Å²) in [7, 11) is 4.86. The van der Waals surface area contributed by atoms with Crippen LogP contribution >= 0.6 is 0 Å². The molecular weight excluding hydrogens is 330 g/mol. The second-order valence-corrected chi connectivity index (χ2v) is 5.63. The van der Waals surface area contributed by atoms with Gasteiger partial charge in [0.1, 0.15) is 30.2 Å². The van der Waals surface area contributed by atoms with E-state index >= 15 is 0 Å². The summed E-state index contributed by atoms with van der Waals surface area (Å²) in [5, 5.41) is 0. The Balaban J connectivity index is 1.93. The Labute approximate surface area is 145 Å². The van der Waals surface area contributed by atoms with Gasteiger partial charge in [-0.25, -0.2) is 15.0 Å². The first-order valence-electron chi connectivity index (χ1n) is 7.92. The molecule has 2 N–H and O–H groups in total. The van der Waals surface area contributed by atoms with Gasteiger partial charge in [0, 0.05) is 21.3 Å². The van der Waals surface area contributed by atoms with Gasteiger partial charge in [0.25, 0.3) is 0 Å². The second-order valence-electron chi connectivity index (χ2n) is 5.63. The molecule has 1 fully saturated rings. The quantitative estimate of drug-likeness (QED) is 0.654. The van der Waals surface area contributed by atoms with Crippen LogP contribution in [-0.4, -0.2) is 79.0 Å². The maximum atomic E-state index is 6.15. The van der Waals surface area contributed by atoms with Crippen LogP contribution in [-0.2, 0) is 23.7 Å². The average molecular weight is 353 g/mol. The molecule has 1 saturated heterocycles. The molecule has 3 rings (SSSR count). The van der Waals surface area contributed by atoms with E-state index < -0.39 is 6.23 Å². The van der Waals surface area contributed by atoms with Crippen LogP contribution in [0.25, 0.3) is 11.2 Å². The molecule has 10 heteroatoms. The van der Waals surface area contributed by atoms with Gasteiger partial charge in [0.2, 0.25) is 0 Å². The Morgan fingerprint density at radius 1 is 1.12 bits per heavy atom. The standard InChI is InChI=1S/C15H23N5O5/c1-21-4-5-24-12-11(23-3)9(6-22-2)25-15(12)20-8-19-10-13(16)17-7-18-14(10)20/h7-9,11-12,15H,4-6H2,1-3H3,(H2,16,17,18)/t9-,11?,12?,15-/m1/s1. The molecule has 1 aliphatic heterocycles. The molecule has 0 aromatic carbocycles. The normalized spacial score (nSPS) is 26.5. The number of methoxy groups -OCH3 is 3. The number of nitrogens with zero attached hydrogens (tertiary/aromatic N) is 4. The zero-order chi connectivity index (χ0) is 17.8. The number of anilines is 1. The first kappa shape index (κ1) is 18.0. The molecule has 138 valence electrons. The van der Waals surface area contributed by atoms with Gasteiger partial charge < -0.3 is 29.4 Å². The predicted molar refractivity (Wildman–Crippen MR) is 87.9 cm³/mol. The highest BCUT2D eigenvalue weighted by Gasteiger charge is 2.47. The van der Waals surface area contributed by atoms with Crippen LogP contribution in [0.4, 0.5) is 5.82 Å². The maximum absolute atomic E-state index is 6.15. The van der Waals surface area contributed by atoms with Gasteiger partial charge in [0.15, 0.2) is 17.7 Å². The number of ether oxygens (including phenoxy) is 5. The highest BCUT2D eigenvalue weighted by Crippen LogP contribution is 2.35. The van der Waals surface area contributed by atoms with Crippen molar-refractivity contribution in [2.75, 3.05) is 46.9 Å². The molecule has 2 aromatic heterocycles. The van der Waals surface area contributed by atoms with Crippen molar-refractivity contribution >= 4 is 17.0 Å². The van der Waals surface area contributed by atoms with Crippen LogP contribution in [0.1, 0.15) is 6.23 Å². The summed E-state index contributed by atoms with van der Waals surface area (Å²) in [5.74, 6) is 0.315. The van der Waals surface area contributed by atoms with E-state index in [1.807, 2.05) is 0 Å². The number of fused-ring (bicyclic) bond motifs is 1. The van der Waals surface area contributed by atoms with E-state index in [0.29, 0.717) is 36.8 Å². The van der Waals surface area contributed by atoms with E-state index in [4.69, 9.17) is 29.4 Å². The molecule has 0 bridgehead atoms. The monoisotopic (exact) mass is 353 g/mol. The average Bonchev–Trinajstić information content (AvgIpc) is 3.18. The summed E-state index contributed by atoms with van der Waals surface area (Å²) in [6.45, 7) is 1.25. The lowest BCUT2D eigenvalue weighted by Crippen LogP contribution is -2.38. The fraction of sp³-hybridized carbons (Fsp3) is 0.667. The Morgan fingerprint density at radius 3 is 2.68 bits per heavy atom. The van der Waals surface area contributed by atoms with Crippen molar-refractivity contribution in [1.29, 1.82) is 0 Å². The number of hydrogen-bond donors (Lipinski definition) is 1. The van der Waals surface area contributed by atoms with Gasteiger partial charge in [-0.3, -0.25) is 4.57 Å². The van der Waals surface area contributed by atoms with Crippen LogP contribution in [0.5, 0.6) is 0 Å². The third-order valence-electron chi connectivity index (χ3n) is 4.15. The van der Waals surface area contributed by atoms with Crippen molar-refractivity contribution in [3.63, 3.8) is 0 Å². The number of imidazole rings is 1. The molecule has 10 nitrogen and oxygen atoms in total. The molecule has 25 heavy (non-hydrogen) atoms. The number of rotatable bonds is 8. The van der Waals surface area contributed by atoms with Crippen molar-refractivity contribution < 1.29 is 23.7 Å². The van der Waals surface area contributed by atoms with Gasteiger partial charge in [0.05, 0.1) is 26.1 Å². The molecule has 2 aromatic rings.